The van der Waals surface area contributed by atoms with Gasteiger partial charge >= 0.3 is 0 Å². The monoisotopic (exact) mass is 380 g/mol. The van der Waals surface area contributed by atoms with Gasteiger partial charge in [-0.25, -0.2) is 0 Å². The molecule has 0 aliphatic heterocycles. The van der Waals surface area contributed by atoms with Crippen molar-refractivity contribution in [1.29, 1.82) is 0 Å². The van der Waals surface area contributed by atoms with E-state index in [9.17, 15) is 5.11 Å². The maximum atomic E-state index is 9.21. The Hall–Kier alpha value is 0.491. The Labute approximate surface area is 146 Å². The van der Waals surface area contributed by atoms with E-state index < -0.39 is 30.8 Å². The lowest BCUT2D eigenvalue weighted by Crippen LogP contribution is -2.49. The van der Waals surface area contributed by atoms with Gasteiger partial charge < -0.3 is 19.1 Å². The van der Waals surface area contributed by atoms with E-state index in [-0.39, 0.29) is 13.2 Å². The van der Waals surface area contributed by atoms with Gasteiger partial charge in [0.2, 0.25) is 0 Å². The number of ether oxygens (including phenoxy) is 1. The Morgan fingerprint density at radius 3 is 2.00 bits per heavy atom. The van der Waals surface area contributed by atoms with Crippen LogP contribution in [0.1, 0.15) is 19.3 Å². The van der Waals surface area contributed by atoms with Crippen molar-refractivity contribution in [2.24, 2.45) is 0 Å². The van der Waals surface area contributed by atoms with Crippen LogP contribution in [0, 0.1) is 0 Å². The molecule has 140 valence electrons. The smallest absolute Gasteiger partial charge is 0.173 e. The molecule has 0 spiro atoms. The molecule has 0 aliphatic rings. The van der Waals surface area contributed by atoms with Crippen LogP contribution in [-0.4, -0.2) is 60.8 Å². The van der Waals surface area contributed by atoms with Crippen LogP contribution in [-0.2, 0) is 8.85 Å². The van der Waals surface area contributed by atoms with E-state index in [4.69, 9.17) is 14.0 Å². The summed E-state index contributed by atoms with van der Waals surface area (Å²) in [6.45, 7) is 17.4. The maximum Gasteiger partial charge on any atom is 0.173 e. The van der Waals surface area contributed by atoms with Crippen molar-refractivity contribution in [1.82, 2.24) is 0 Å². The first kappa shape index (κ1) is 23.5. The van der Waals surface area contributed by atoms with Crippen molar-refractivity contribution in [3.63, 3.8) is 0 Å². The fourth-order valence-electron chi connectivity index (χ4n) is 3.19. The van der Waals surface area contributed by atoms with Crippen LogP contribution in [0.25, 0.3) is 0 Å². The summed E-state index contributed by atoms with van der Waals surface area (Å²) in [7, 11) is -4.19. The van der Waals surface area contributed by atoms with Gasteiger partial charge in [0.25, 0.3) is 0 Å². The molecule has 0 aliphatic carbocycles. The molecule has 0 bridgehead atoms. The van der Waals surface area contributed by atoms with Crippen LogP contribution < -0.4 is 0 Å². The van der Waals surface area contributed by atoms with Gasteiger partial charge in [0.1, 0.15) is 6.10 Å². The molecule has 4 nitrogen and oxygen atoms in total. The Balaban J connectivity index is 4.15. The maximum absolute atomic E-state index is 9.21. The number of hydrogen-bond acceptors (Lipinski definition) is 4. The standard InChI is InChI=1S/C16H40O4Si3/c1-21(2,3)15-23(7,20-22(4,5)6)12-10-8-9-11-19-14-16(18)13-17/h16-18H,8-15H2,1-7H3. The predicted octanol–water partition coefficient (Wildman–Crippen LogP) is 3.83. The highest BCUT2D eigenvalue weighted by Gasteiger charge is 2.37. The summed E-state index contributed by atoms with van der Waals surface area (Å²) >= 11 is 0. The number of aliphatic hydroxyl groups excluding tert-OH is 2. The van der Waals surface area contributed by atoms with Crippen molar-refractivity contribution >= 4 is 24.7 Å². The molecule has 2 N–H and O–H groups in total. The van der Waals surface area contributed by atoms with Gasteiger partial charge in [0, 0.05) is 14.7 Å². The third-order valence-electron chi connectivity index (χ3n) is 3.47. The summed E-state index contributed by atoms with van der Waals surface area (Å²) in [5, 5.41) is 17.9. The number of aliphatic hydroxyl groups is 2. The summed E-state index contributed by atoms with van der Waals surface area (Å²) in [6.07, 6.45) is 2.64. The lowest BCUT2D eigenvalue weighted by atomic mass is 10.3. The summed E-state index contributed by atoms with van der Waals surface area (Å²) in [5.74, 6) is 0. The normalized spacial score (nSPS) is 17.1. The molecule has 0 saturated heterocycles. The van der Waals surface area contributed by atoms with Crippen LogP contribution in [0.5, 0.6) is 0 Å². The first-order valence-electron chi connectivity index (χ1n) is 8.94. The van der Waals surface area contributed by atoms with Crippen molar-refractivity contribution < 1.29 is 19.1 Å². The molecule has 2 unspecified atom stereocenters. The SMILES string of the molecule is C[Si](C)(C)C[Si](C)(CCCCCOCC(O)CO)O[Si](C)(C)C. The van der Waals surface area contributed by atoms with Crippen molar-refractivity contribution in [3.8, 4) is 0 Å². The molecule has 0 saturated carbocycles. The summed E-state index contributed by atoms with van der Waals surface area (Å²) in [6, 6.07) is 1.25. The minimum absolute atomic E-state index is 0.228. The van der Waals surface area contributed by atoms with Gasteiger partial charge in [0.15, 0.2) is 16.6 Å². The van der Waals surface area contributed by atoms with Gasteiger partial charge in [-0.05, 0) is 44.3 Å². The molecule has 0 aromatic carbocycles. The number of unbranched alkanes of at least 4 members (excludes halogenated alkanes) is 2. The highest BCUT2D eigenvalue weighted by Crippen LogP contribution is 2.29. The van der Waals surface area contributed by atoms with Crippen LogP contribution in [0.2, 0.25) is 57.5 Å². The van der Waals surface area contributed by atoms with Gasteiger partial charge in [-0.3, -0.25) is 0 Å². The average molecular weight is 381 g/mol. The quantitative estimate of drug-likeness (QED) is 0.376. The van der Waals surface area contributed by atoms with Crippen molar-refractivity contribution in [2.75, 3.05) is 19.8 Å². The van der Waals surface area contributed by atoms with E-state index in [2.05, 4.69) is 45.8 Å². The molecule has 0 amide bonds. The zero-order chi connectivity index (χ0) is 18.1. The first-order valence-corrected chi connectivity index (χ1v) is 18.9. The second-order valence-electron chi connectivity index (χ2n) is 9.12. The first-order chi connectivity index (χ1) is 10.4. The van der Waals surface area contributed by atoms with Gasteiger partial charge in [-0.2, -0.15) is 0 Å². The molecule has 7 heteroatoms. The number of rotatable bonds is 13. The topological polar surface area (TPSA) is 58.9 Å². The lowest BCUT2D eigenvalue weighted by molar-refractivity contribution is 0.00533. The van der Waals surface area contributed by atoms with E-state index in [1.807, 2.05) is 0 Å². The Morgan fingerprint density at radius 2 is 1.52 bits per heavy atom. The molecule has 0 radical (unpaired) electrons. The molecule has 0 rings (SSSR count). The Morgan fingerprint density at radius 1 is 0.913 bits per heavy atom. The van der Waals surface area contributed by atoms with Crippen LogP contribution in [0.3, 0.4) is 0 Å². The van der Waals surface area contributed by atoms with E-state index in [0.717, 1.165) is 12.8 Å². The fraction of sp³-hybridized carbons (Fsp3) is 1.00. The third kappa shape index (κ3) is 14.5. The molecule has 0 heterocycles. The van der Waals surface area contributed by atoms with Crippen LogP contribution in [0.4, 0.5) is 0 Å². The molecule has 23 heavy (non-hydrogen) atoms. The highest BCUT2D eigenvalue weighted by atomic mass is 28.4. The second-order valence-corrected chi connectivity index (χ2v) is 24.1. The molecule has 0 aromatic rings. The van der Waals surface area contributed by atoms with E-state index in [0.29, 0.717) is 6.61 Å². The zero-order valence-corrected chi connectivity index (χ0v) is 19.4. The van der Waals surface area contributed by atoms with Gasteiger partial charge in [0.05, 0.1) is 13.2 Å². The highest BCUT2D eigenvalue weighted by molar-refractivity contribution is 6.96. The summed E-state index contributed by atoms with van der Waals surface area (Å²) in [5.41, 5.74) is 1.35. The fourth-order valence-corrected chi connectivity index (χ4v) is 21.1. The Bertz CT molecular complexity index is 297. The molecular weight excluding hydrogens is 340 g/mol. The third-order valence-corrected chi connectivity index (χ3v) is 16.5. The summed E-state index contributed by atoms with van der Waals surface area (Å²) < 4.78 is 12.1. The second kappa shape index (κ2) is 10.5. The average Bonchev–Trinajstić information content (AvgIpc) is 2.32. The van der Waals surface area contributed by atoms with Crippen LogP contribution >= 0.6 is 0 Å². The largest absolute Gasteiger partial charge is 0.456 e. The van der Waals surface area contributed by atoms with E-state index in [1.165, 1.54) is 18.1 Å². The Kier molecular flexibility index (Phi) is 10.7. The zero-order valence-electron chi connectivity index (χ0n) is 16.4. The minimum Gasteiger partial charge on any atom is -0.456 e. The van der Waals surface area contributed by atoms with Crippen molar-refractivity contribution in [2.45, 2.75) is 82.9 Å². The molecule has 0 aromatic heterocycles. The lowest BCUT2D eigenvalue weighted by Gasteiger charge is -2.38. The molecular formula is C16H40O4Si3. The molecule has 0 fully saturated rings. The predicted molar refractivity (Wildman–Crippen MR) is 107 cm³/mol. The molecule has 2 atom stereocenters. The van der Waals surface area contributed by atoms with E-state index in [1.54, 1.807) is 0 Å². The van der Waals surface area contributed by atoms with E-state index >= 15 is 0 Å². The van der Waals surface area contributed by atoms with Gasteiger partial charge in [-0.15, -0.1) is 0 Å². The van der Waals surface area contributed by atoms with Crippen molar-refractivity contribution in [3.05, 3.63) is 0 Å². The summed E-state index contributed by atoms with van der Waals surface area (Å²) in [4.78, 5) is 0. The van der Waals surface area contributed by atoms with Crippen LogP contribution in [0.15, 0.2) is 0 Å². The number of hydrogen-bond donors (Lipinski definition) is 2. The minimum atomic E-state index is -1.60. The van der Waals surface area contributed by atoms with Gasteiger partial charge in [-0.1, -0.05) is 32.5 Å².